The Morgan fingerprint density at radius 3 is 2.77 bits per heavy atom. The Kier molecular flexibility index (Phi) is 4.29. The van der Waals surface area contributed by atoms with Crippen LogP contribution >= 0.6 is 0 Å². The fourth-order valence-electron chi connectivity index (χ4n) is 3.83. The van der Waals surface area contributed by atoms with Crippen molar-refractivity contribution in [3.05, 3.63) is 77.4 Å². The minimum atomic E-state index is 0.0294. The van der Waals surface area contributed by atoms with Crippen LogP contribution in [0.4, 0.5) is 0 Å². The summed E-state index contributed by atoms with van der Waals surface area (Å²) in [6.07, 6.45) is 5.44. The van der Waals surface area contributed by atoms with E-state index in [4.69, 9.17) is 0 Å². The van der Waals surface area contributed by atoms with Crippen LogP contribution in [0.3, 0.4) is 0 Å². The molecular weight excluding hydrogens is 324 g/mol. The zero-order valence-corrected chi connectivity index (χ0v) is 15.1. The lowest BCUT2D eigenvalue weighted by molar-refractivity contribution is 0.0786. The largest absolute Gasteiger partial charge is 0.341 e. The molecule has 0 radical (unpaired) electrons. The van der Waals surface area contributed by atoms with Crippen LogP contribution in [-0.4, -0.2) is 39.2 Å². The van der Waals surface area contributed by atoms with Crippen LogP contribution in [0.25, 0.3) is 5.69 Å². The Balaban J connectivity index is 1.59. The predicted molar refractivity (Wildman–Crippen MR) is 101 cm³/mol. The van der Waals surface area contributed by atoms with Gasteiger partial charge in [-0.3, -0.25) is 9.36 Å². The average molecular weight is 346 g/mol. The van der Waals surface area contributed by atoms with Crippen LogP contribution in [0.2, 0.25) is 0 Å². The third-order valence-corrected chi connectivity index (χ3v) is 5.18. The molecule has 1 aliphatic rings. The van der Waals surface area contributed by atoms with E-state index >= 15 is 0 Å². The van der Waals surface area contributed by atoms with Crippen molar-refractivity contribution in [1.82, 2.24) is 19.7 Å². The molecule has 132 valence electrons. The zero-order chi connectivity index (χ0) is 18.1. The smallest absolute Gasteiger partial charge is 0.255 e. The second kappa shape index (κ2) is 6.75. The lowest BCUT2D eigenvalue weighted by Gasteiger charge is -2.23. The Hall–Kier alpha value is -2.95. The first kappa shape index (κ1) is 16.5. The first-order valence-corrected chi connectivity index (χ1v) is 8.92. The van der Waals surface area contributed by atoms with E-state index in [0.29, 0.717) is 11.5 Å². The van der Waals surface area contributed by atoms with E-state index in [1.54, 1.807) is 17.2 Å². The van der Waals surface area contributed by atoms with E-state index in [9.17, 15) is 4.79 Å². The minimum absolute atomic E-state index is 0.0294. The number of aryl methyl sites for hydroxylation is 2. The highest BCUT2D eigenvalue weighted by Gasteiger charge is 2.26. The van der Waals surface area contributed by atoms with Gasteiger partial charge in [0.15, 0.2) is 0 Å². The fraction of sp³-hybridized carbons (Fsp3) is 0.286. The SMILES string of the molecule is Cc1ccc(-n2cnnc2)c(C(=O)N(C)CC2CCc3ccccc32)c1. The number of carbonyl (C=O) groups excluding carboxylic acids is 1. The van der Waals surface area contributed by atoms with E-state index in [-0.39, 0.29) is 5.91 Å². The molecule has 26 heavy (non-hydrogen) atoms. The molecule has 0 spiro atoms. The number of likely N-dealkylation sites (N-methyl/N-ethyl adjacent to an activating group) is 1. The molecule has 5 heteroatoms. The summed E-state index contributed by atoms with van der Waals surface area (Å²) in [6, 6.07) is 14.5. The summed E-state index contributed by atoms with van der Waals surface area (Å²) in [4.78, 5) is 15.0. The summed E-state index contributed by atoms with van der Waals surface area (Å²) in [7, 11) is 1.89. The number of rotatable bonds is 4. The summed E-state index contributed by atoms with van der Waals surface area (Å²) in [5, 5.41) is 7.73. The molecule has 0 saturated heterocycles. The van der Waals surface area contributed by atoms with Crippen LogP contribution in [0.5, 0.6) is 0 Å². The van der Waals surface area contributed by atoms with E-state index in [0.717, 1.165) is 30.6 Å². The number of benzene rings is 2. The molecule has 1 heterocycles. The normalized spacial score (nSPS) is 15.7. The first-order valence-electron chi connectivity index (χ1n) is 8.92. The van der Waals surface area contributed by atoms with Crippen LogP contribution in [0.15, 0.2) is 55.1 Å². The van der Waals surface area contributed by atoms with Gasteiger partial charge >= 0.3 is 0 Å². The van der Waals surface area contributed by atoms with Gasteiger partial charge in [0, 0.05) is 19.5 Å². The second-order valence-corrected chi connectivity index (χ2v) is 7.01. The molecule has 1 unspecified atom stereocenters. The molecule has 4 rings (SSSR count). The molecule has 0 saturated carbocycles. The molecule has 3 aromatic rings. The van der Waals surface area contributed by atoms with Gasteiger partial charge < -0.3 is 4.90 Å². The Bertz CT molecular complexity index is 933. The van der Waals surface area contributed by atoms with E-state index in [2.05, 4.69) is 34.5 Å². The van der Waals surface area contributed by atoms with Crippen LogP contribution in [-0.2, 0) is 6.42 Å². The molecule has 5 nitrogen and oxygen atoms in total. The maximum absolute atomic E-state index is 13.2. The van der Waals surface area contributed by atoms with E-state index in [1.807, 2.05) is 37.1 Å². The van der Waals surface area contributed by atoms with E-state index in [1.165, 1.54) is 11.1 Å². The van der Waals surface area contributed by atoms with Gasteiger partial charge in [-0.15, -0.1) is 10.2 Å². The number of hydrogen-bond acceptors (Lipinski definition) is 3. The van der Waals surface area contributed by atoms with Crippen molar-refractivity contribution in [3.8, 4) is 5.69 Å². The number of fused-ring (bicyclic) bond motifs is 1. The molecule has 0 N–H and O–H groups in total. The van der Waals surface area contributed by atoms with Crippen molar-refractivity contribution < 1.29 is 4.79 Å². The number of nitrogens with zero attached hydrogens (tertiary/aromatic N) is 4. The third kappa shape index (κ3) is 3.01. The topological polar surface area (TPSA) is 51.0 Å². The number of amides is 1. The highest BCUT2D eigenvalue weighted by molar-refractivity contribution is 5.98. The van der Waals surface area contributed by atoms with Gasteiger partial charge in [-0.1, -0.05) is 35.9 Å². The average Bonchev–Trinajstić information content (AvgIpc) is 3.31. The number of aromatic nitrogens is 3. The lowest BCUT2D eigenvalue weighted by atomic mass is 10.0. The molecular formula is C21H22N4O. The highest BCUT2D eigenvalue weighted by atomic mass is 16.2. The van der Waals surface area contributed by atoms with Crippen molar-refractivity contribution >= 4 is 5.91 Å². The Morgan fingerprint density at radius 2 is 1.96 bits per heavy atom. The minimum Gasteiger partial charge on any atom is -0.341 e. The van der Waals surface area contributed by atoms with Gasteiger partial charge in [0.2, 0.25) is 0 Å². The predicted octanol–water partition coefficient (Wildman–Crippen LogP) is 3.38. The fourth-order valence-corrected chi connectivity index (χ4v) is 3.83. The number of carbonyl (C=O) groups is 1. The van der Waals surface area contributed by atoms with Gasteiger partial charge in [0.25, 0.3) is 5.91 Å². The van der Waals surface area contributed by atoms with Gasteiger partial charge in [-0.25, -0.2) is 0 Å². The van der Waals surface area contributed by atoms with Gasteiger partial charge in [-0.05, 0) is 43.0 Å². The van der Waals surface area contributed by atoms with Crippen LogP contribution in [0.1, 0.15) is 39.4 Å². The highest BCUT2D eigenvalue weighted by Crippen LogP contribution is 2.33. The Morgan fingerprint density at radius 1 is 1.19 bits per heavy atom. The quantitative estimate of drug-likeness (QED) is 0.728. The molecule has 0 bridgehead atoms. The molecule has 1 atom stereocenters. The number of hydrogen-bond donors (Lipinski definition) is 0. The first-order chi connectivity index (χ1) is 12.6. The van der Waals surface area contributed by atoms with E-state index < -0.39 is 0 Å². The monoisotopic (exact) mass is 346 g/mol. The third-order valence-electron chi connectivity index (χ3n) is 5.18. The molecule has 1 amide bonds. The van der Waals surface area contributed by atoms with Crippen molar-refractivity contribution in [1.29, 1.82) is 0 Å². The van der Waals surface area contributed by atoms with Crippen molar-refractivity contribution in [2.24, 2.45) is 0 Å². The van der Waals surface area contributed by atoms with Crippen LogP contribution < -0.4 is 0 Å². The zero-order valence-electron chi connectivity index (χ0n) is 15.1. The second-order valence-electron chi connectivity index (χ2n) is 7.01. The summed E-state index contributed by atoms with van der Waals surface area (Å²) in [5.41, 5.74) is 5.35. The lowest BCUT2D eigenvalue weighted by Crippen LogP contribution is -2.31. The van der Waals surface area contributed by atoms with Crippen molar-refractivity contribution in [2.75, 3.05) is 13.6 Å². The molecule has 0 aliphatic heterocycles. The summed E-state index contributed by atoms with van der Waals surface area (Å²) >= 11 is 0. The molecule has 1 aliphatic carbocycles. The van der Waals surface area contributed by atoms with Gasteiger partial charge in [-0.2, -0.15) is 0 Å². The standard InChI is InChI=1S/C21H22N4O/c1-15-7-10-20(25-13-22-23-14-25)19(11-15)21(26)24(2)12-17-9-8-16-5-3-4-6-18(16)17/h3-7,10-11,13-14,17H,8-9,12H2,1-2H3. The molecule has 2 aromatic carbocycles. The van der Waals surface area contributed by atoms with Gasteiger partial charge in [0.05, 0.1) is 11.3 Å². The van der Waals surface area contributed by atoms with Gasteiger partial charge in [0.1, 0.15) is 12.7 Å². The molecule has 0 fully saturated rings. The van der Waals surface area contributed by atoms with Crippen LogP contribution in [0, 0.1) is 6.92 Å². The Labute approximate surface area is 153 Å². The van der Waals surface area contributed by atoms with Crippen molar-refractivity contribution in [2.45, 2.75) is 25.7 Å². The molecule has 1 aromatic heterocycles. The summed E-state index contributed by atoms with van der Waals surface area (Å²) in [6.45, 7) is 2.73. The van der Waals surface area contributed by atoms with Crippen molar-refractivity contribution in [3.63, 3.8) is 0 Å². The maximum atomic E-state index is 13.2. The maximum Gasteiger partial charge on any atom is 0.255 e. The summed E-state index contributed by atoms with van der Waals surface area (Å²) in [5.74, 6) is 0.435. The summed E-state index contributed by atoms with van der Waals surface area (Å²) < 4.78 is 1.78.